The minimum atomic E-state index is 0.869. The average Bonchev–Trinajstić information content (AvgIpc) is 2.37. The Bertz CT molecular complexity index is 287. The first-order valence-electron chi connectivity index (χ1n) is 6.82. The average molecular weight is 237 g/mol. The van der Waals surface area contributed by atoms with Crippen molar-refractivity contribution in [2.24, 2.45) is 0 Å². The molecule has 1 aromatic heterocycles. The van der Waals surface area contributed by atoms with E-state index in [2.05, 4.69) is 28.7 Å². The normalized spacial score (nSPS) is 9.47. The van der Waals surface area contributed by atoms with Gasteiger partial charge in [-0.25, -0.2) is 9.97 Å². The molecule has 0 bridgehead atoms. The van der Waals surface area contributed by atoms with Crippen molar-refractivity contribution in [2.45, 2.75) is 53.9 Å². The zero-order chi connectivity index (χ0) is 13.1. The number of anilines is 1. The van der Waals surface area contributed by atoms with Crippen molar-refractivity contribution in [1.29, 1.82) is 0 Å². The highest BCUT2D eigenvalue weighted by atomic mass is 15.2. The topological polar surface area (TPSA) is 29.0 Å². The van der Waals surface area contributed by atoms with Crippen LogP contribution >= 0.6 is 0 Å². The molecule has 0 unspecified atom stereocenters. The van der Waals surface area contributed by atoms with Gasteiger partial charge in [-0.15, -0.1) is 0 Å². The molecule has 0 aliphatic heterocycles. The number of hydrogen-bond donors (Lipinski definition) is 0. The number of aryl methyl sites for hydroxylation is 1. The summed E-state index contributed by atoms with van der Waals surface area (Å²) in [5, 5.41) is 0. The standard InChI is InChI=1S/C12H21N3.C2H6/c1-4-6-7-10-15(5-2)12-13-9-8-11(3)14-12;1-2/h8-9H,4-7,10H2,1-3H3;1-2H3. The lowest BCUT2D eigenvalue weighted by Gasteiger charge is -2.20. The first-order valence-corrected chi connectivity index (χ1v) is 6.82. The van der Waals surface area contributed by atoms with Gasteiger partial charge in [0.25, 0.3) is 0 Å². The van der Waals surface area contributed by atoms with Gasteiger partial charge in [-0.3, -0.25) is 0 Å². The van der Waals surface area contributed by atoms with E-state index in [1.165, 1.54) is 19.3 Å². The van der Waals surface area contributed by atoms with Crippen LogP contribution in [0.25, 0.3) is 0 Å². The Balaban J connectivity index is 0.00000121. The molecule has 0 N–H and O–H groups in total. The van der Waals surface area contributed by atoms with E-state index >= 15 is 0 Å². The van der Waals surface area contributed by atoms with Crippen LogP contribution < -0.4 is 4.90 Å². The number of aromatic nitrogens is 2. The van der Waals surface area contributed by atoms with E-state index in [1.54, 1.807) is 0 Å². The van der Waals surface area contributed by atoms with E-state index in [9.17, 15) is 0 Å². The number of unbranched alkanes of at least 4 members (excludes halogenated alkanes) is 2. The molecular formula is C14H27N3. The highest BCUT2D eigenvalue weighted by Crippen LogP contribution is 2.08. The molecule has 0 radical (unpaired) electrons. The Morgan fingerprint density at radius 1 is 1.18 bits per heavy atom. The van der Waals surface area contributed by atoms with Crippen LogP contribution in [0.4, 0.5) is 5.95 Å². The SMILES string of the molecule is CC.CCCCCN(CC)c1nccc(C)n1. The quantitative estimate of drug-likeness (QED) is 0.704. The summed E-state index contributed by atoms with van der Waals surface area (Å²) >= 11 is 0. The summed E-state index contributed by atoms with van der Waals surface area (Å²) in [5.41, 5.74) is 1.04. The van der Waals surface area contributed by atoms with Gasteiger partial charge in [-0.05, 0) is 26.3 Å². The third kappa shape index (κ3) is 6.25. The van der Waals surface area contributed by atoms with Crippen molar-refractivity contribution in [2.75, 3.05) is 18.0 Å². The molecule has 0 saturated heterocycles. The molecule has 0 spiro atoms. The fraction of sp³-hybridized carbons (Fsp3) is 0.714. The second kappa shape index (κ2) is 10.1. The van der Waals surface area contributed by atoms with Gasteiger partial charge in [0.2, 0.25) is 5.95 Å². The van der Waals surface area contributed by atoms with E-state index in [0.29, 0.717) is 0 Å². The molecule has 1 aromatic rings. The van der Waals surface area contributed by atoms with Crippen LogP contribution in [0.15, 0.2) is 12.3 Å². The smallest absolute Gasteiger partial charge is 0.225 e. The molecule has 0 aliphatic carbocycles. The lowest BCUT2D eigenvalue weighted by Crippen LogP contribution is -2.26. The number of nitrogens with zero attached hydrogens (tertiary/aromatic N) is 3. The molecular weight excluding hydrogens is 210 g/mol. The summed E-state index contributed by atoms with van der Waals surface area (Å²) in [6.07, 6.45) is 5.59. The maximum atomic E-state index is 4.44. The van der Waals surface area contributed by atoms with Gasteiger partial charge in [0.1, 0.15) is 0 Å². The van der Waals surface area contributed by atoms with Gasteiger partial charge in [-0.1, -0.05) is 33.6 Å². The molecule has 3 nitrogen and oxygen atoms in total. The molecule has 0 aliphatic rings. The maximum absolute atomic E-state index is 4.44. The van der Waals surface area contributed by atoms with Gasteiger partial charge >= 0.3 is 0 Å². The minimum absolute atomic E-state index is 0.869. The first-order chi connectivity index (χ1) is 8.27. The van der Waals surface area contributed by atoms with Crippen molar-refractivity contribution in [1.82, 2.24) is 9.97 Å². The summed E-state index contributed by atoms with van der Waals surface area (Å²) < 4.78 is 0. The number of hydrogen-bond acceptors (Lipinski definition) is 3. The Kier molecular flexibility index (Phi) is 9.40. The molecule has 17 heavy (non-hydrogen) atoms. The highest BCUT2D eigenvalue weighted by Gasteiger charge is 2.06. The molecule has 98 valence electrons. The zero-order valence-corrected chi connectivity index (χ0v) is 12.0. The minimum Gasteiger partial charge on any atom is -0.341 e. The van der Waals surface area contributed by atoms with Gasteiger partial charge in [0.15, 0.2) is 0 Å². The van der Waals surface area contributed by atoms with Crippen LogP contribution in [0.2, 0.25) is 0 Å². The molecule has 3 heteroatoms. The van der Waals surface area contributed by atoms with E-state index in [1.807, 2.05) is 33.0 Å². The van der Waals surface area contributed by atoms with Crippen LogP contribution in [0.1, 0.15) is 52.7 Å². The predicted octanol–water partition coefficient (Wildman–Crippen LogP) is 3.83. The maximum Gasteiger partial charge on any atom is 0.225 e. The third-order valence-electron chi connectivity index (χ3n) is 2.48. The lowest BCUT2D eigenvalue weighted by molar-refractivity contribution is 0.673. The van der Waals surface area contributed by atoms with Crippen LogP contribution in [0, 0.1) is 6.92 Å². The fourth-order valence-electron chi connectivity index (χ4n) is 1.54. The molecule has 1 rings (SSSR count). The van der Waals surface area contributed by atoms with Crippen molar-refractivity contribution < 1.29 is 0 Å². The predicted molar refractivity (Wildman–Crippen MR) is 75.5 cm³/mol. The van der Waals surface area contributed by atoms with Crippen LogP contribution in [0.5, 0.6) is 0 Å². The Labute approximate surface area is 106 Å². The molecule has 0 atom stereocenters. The van der Waals surface area contributed by atoms with E-state index in [-0.39, 0.29) is 0 Å². The summed E-state index contributed by atoms with van der Waals surface area (Å²) in [4.78, 5) is 11.0. The molecule has 1 heterocycles. The first kappa shape index (κ1) is 15.9. The highest BCUT2D eigenvalue weighted by molar-refractivity contribution is 5.29. The number of rotatable bonds is 6. The Morgan fingerprint density at radius 3 is 2.41 bits per heavy atom. The van der Waals surface area contributed by atoms with Gasteiger partial charge in [0, 0.05) is 25.0 Å². The second-order valence-electron chi connectivity index (χ2n) is 3.78. The van der Waals surface area contributed by atoms with Crippen LogP contribution in [-0.4, -0.2) is 23.1 Å². The van der Waals surface area contributed by atoms with Gasteiger partial charge in [-0.2, -0.15) is 0 Å². The van der Waals surface area contributed by atoms with E-state index in [0.717, 1.165) is 24.7 Å². The molecule has 0 aromatic carbocycles. The summed E-state index contributed by atoms with van der Waals surface area (Å²) in [6, 6.07) is 1.93. The Morgan fingerprint density at radius 2 is 1.88 bits per heavy atom. The van der Waals surface area contributed by atoms with Gasteiger partial charge in [0.05, 0.1) is 0 Å². The monoisotopic (exact) mass is 237 g/mol. The van der Waals surface area contributed by atoms with Crippen molar-refractivity contribution >= 4 is 5.95 Å². The van der Waals surface area contributed by atoms with E-state index < -0.39 is 0 Å². The zero-order valence-electron chi connectivity index (χ0n) is 12.0. The summed E-state index contributed by atoms with van der Waals surface area (Å²) in [7, 11) is 0. The fourth-order valence-corrected chi connectivity index (χ4v) is 1.54. The molecule has 0 amide bonds. The lowest BCUT2D eigenvalue weighted by atomic mass is 10.2. The molecule has 0 fully saturated rings. The van der Waals surface area contributed by atoms with Crippen LogP contribution in [0.3, 0.4) is 0 Å². The summed E-state index contributed by atoms with van der Waals surface area (Å²) in [6.45, 7) is 12.4. The Hall–Kier alpha value is -1.12. The summed E-state index contributed by atoms with van der Waals surface area (Å²) in [5.74, 6) is 0.869. The van der Waals surface area contributed by atoms with Crippen LogP contribution in [-0.2, 0) is 0 Å². The second-order valence-corrected chi connectivity index (χ2v) is 3.78. The van der Waals surface area contributed by atoms with Crippen molar-refractivity contribution in [3.05, 3.63) is 18.0 Å². The molecule has 0 saturated carbocycles. The largest absolute Gasteiger partial charge is 0.341 e. The van der Waals surface area contributed by atoms with Crippen molar-refractivity contribution in [3.8, 4) is 0 Å². The third-order valence-corrected chi connectivity index (χ3v) is 2.48. The van der Waals surface area contributed by atoms with E-state index in [4.69, 9.17) is 0 Å². The van der Waals surface area contributed by atoms with Gasteiger partial charge < -0.3 is 4.90 Å². The van der Waals surface area contributed by atoms with Crippen molar-refractivity contribution in [3.63, 3.8) is 0 Å².